The molecule has 0 bridgehead atoms. The van der Waals surface area contributed by atoms with E-state index in [1.165, 1.54) is 0 Å². The SMILES string of the molecule is Cn1nc(C(=O)N2CCCN(Cc3ccncc3)C(c3ccccc3)CC(=O)NCC2)c2ccccc21. The van der Waals surface area contributed by atoms with Crippen LogP contribution in [0.3, 0.4) is 0 Å². The summed E-state index contributed by atoms with van der Waals surface area (Å²) < 4.78 is 1.75. The minimum atomic E-state index is -0.106. The number of para-hydroxylation sites is 1. The lowest BCUT2D eigenvalue weighted by Crippen LogP contribution is -2.39. The summed E-state index contributed by atoms with van der Waals surface area (Å²) in [6.07, 6.45) is 4.72. The maximum Gasteiger partial charge on any atom is 0.275 e. The van der Waals surface area contributed by atoms with E-state index < -0.39 is 0 Å². The maximum atomic E-state index is 13.6. The van der Waals surface area contributed by atoms with Crippen molar-refractivity contribution in [2.75, 3.05) is 26.2 Å². The molecule has 8 heteroatoms. The molecule has 1 unspecified atom stereocenters. The molecule has 0 radical (unpaired) electrons. The van der Waals surface area contributed by atoms with Gasteiger partial charge in [-0.25, -0.2) is 0 Å². The zero-order valence-electron chi connectivity index (χ0n) is 21.1. The molecule has 37 heavy (non-hydrogen) atoms. The molecular weight excluding hydrogens is 464 g/mol. The van der Waals surface area contributed by atoms with Crippen LogP contribution in [0.25, 0.3) is 10.9 Å². The van der Waals surface area contributed by atoms with Gasteiger partial charge in [0.05, 0.1) is 5.52 Å². The van der Waals surface area contributed by atoms with Crippen LogP contribution >= 0.6 is 0 Å². The number of carbonyl (C=O) groups is 2. The van der Waals surface area contributed by atoms with Crippen LogP contribution in [-0.4, -0.2) is 62.6 Å². The molecule has 2 aromatic carbocycles. The molecule has 1 aliphatic rings. The monoisotopic (exact) mass is 496 g/mol. The summed E-state index contributed by atoms with van der Waals surface area (Å²) in [5, 5.41) is 8.43. The van der Waals surface area contributed by atoms with Gasteiger partial charge in [-0.3, -0.25) is 24.2 Å². The molecular formula is C29H32N6O2. The van der Waals surface area contributed by atoms with Crippen LogP contribution in [0.15, 0.2) is 79.1 Å². The number of amides is 2. The molecule has 1 fully saturated rings. The zero-order valence-corrected chi connectivity index (χ0v) is 21.1. The van der Waals surface area contributed by atoms with Gasteiger partial charge in [0.15, 0.2) is 5.69 Å². The first-order valence-corrected chi connectivity index (χ1v) is 12.8. The fourth-order valence-electron chi connectivity index (χ4n) is 5.08. The lowest BCUT2D eigenvalue weighted by atomic mass is 10.00. The minimum Gasteiger partial charge on any atom is -0.354 e. The Morgan fingerprint density at radius 2 is 1.73 bits per heavy atom. The van der Waals surface area contributed by atoms with Crippen molar-refractivity contribution in [3.05, 3.63) is 95.9 Å². The highest BCUT2D eigenvalue weighted by Gasteiger charge is 2.27. The number of aryl methyl sites for hydroxylation is 1. The number of hydrogen-bond donors (Lipinski definition) is 1. The van der Waals surface area contributed by atoms with Crippen LogP contribution in [0, 0.1) is 0 Å². The van der Waals surface area contributed by atoms with Crippen molar-refractivity contribution in [1.82, 2.24) is 29.9 Å². The predicted octanol–water partition coefficient (Wildman–Crippen LogP) is 3.56. The first kappa shape index (κ1) is 24.6. The lowest BCUT2D eigenvalue weighted by molar-refractivity contribution is -0.122. The molecule has 0 aliphatic carbocycles. The molecule has 2 aromatic heterocycles. The van der Waals surface area contributed by atoms with E-state index >= 15 is 0 Å². The van der Waals surface area contributed by atoms with Gasteiger partial charge in [-0.15, -0.1) is 0 Å². The van der Waals surface area contributed by atoms with Crippen LogP contribution in [0.2, 0.25) is 0 Å². The molecule has 0 saturated carbocycles. The smallest absolute Gasteiger partial charge is 0.275 e. The van der Waals surface area contributed by atoms with Gasteiger partial charge in [0.1, 0.15) is 0 Å². The third kappa shape index (κ3) is 5.70. The van der Waals surface area contributed by atoms with Crippen molar-refractivity contribution < 1.29 is 9.59 Å². The maximum absolute atomic E-state index is 13.6. The van der Waals surface area contributed by atoms with E-state index in [1.54, 1.807) is 17.1 Å². The number of rotatable bonds is 4. The summed E-state index contributed by atoms with van der Waals surface area (Å²) >= 11 is 0. The second-order valence-corrected chi connectivity index (χ2v) is 9.44. The number of benzene rings is 2. The molecule has 2 amide bonds. The highest BCUT2D eigenvalue weighted by molar-refractivity contribution is 6.04. The second kappa shape index (κ2) is 11.3. The standard InChI is InChI=1S/C29H32N6O2/c1-33-25-11-6-5-10-24(25)28(32-33)29(37)34-17-7-18-35(21-22-12-14-30-15-13-22)26(20-27(36)31-16-19-34)23-8-3-2-4-9-23/h2-6,8-15,26H,7,16-21H2,1H3,(H,31,36). The number of aromatic nitrogens is 3. The molecule has 190 valence electrons. The average Bonchev–Trinajstić information content (AvgIpc) is 3.25. The molecule has 4 aromatic rings. The summed E-state index contributed by atoms with van der Waals surface area (Å²) in [5.74, 6) is -0.128. The minimum absolute atomic E-state index is 0.0221. The number of hydrogen-bond acceptors (Lipinski definition) is 5. The zero-order chi connectivity index (χ0) is 25.6. The van der Waals surface area contributed by atoms with E-state index in [1.807, 2.05) is 66.5 Å². The van der Waals surface area contributed by atoms with Crippen LogP contribution < -0.4 is 5.32 Å². The van der Waals surface area contributed by atoms with Crippen LogP contribution in [0.1, 0.15) is 40.5 Å². The molecule has 3 heterocycles. The summed E-state index contributed by atoms with van der Waals surface area (Å²) in [4.78, 5) is 35.0. The summed E-state index contributed by atoms with van der Waals surface area (Å²) in [7, 11) is 1.85. The van der Waals surface area contributed by atoms with Crippen LogP contribution in [0.4, 0.5) is 0 Å². The second-order valence-electron chi connectivity index (χ2n) is 9.44. The van der Waals surface area contributed by atoms with Gasteiger partial charge >= 0.3 is 0 Å². The molecule has 1 saturated heterocycles. The largest absolute Gasteiger partial charge is 0.354 e. The Bertz CT molecular complexity index is 1350. The average molecular weight is 497 g/mol. The lowest BCUT2D eigenvalue weighted by Gasteiger charge is -2.32. The highest BCUT2D eigenvalue weighted by atomic mass is 16.2. The third-order valence-electron chi connectivity index (χ3n) is 6.96. The normalized spacial score (nSPS) is 17.8. The van der Waals surface area contributed by atoms with Gasteiger partial charge in [0.25, 0.3) is 5.91 Å². The fourth-order valence-corrected chi connectivity index (χ4v) is 5.08. The van der Waals surface area contributed by atoms with Crippen molar-refractivity contribution >= 4 is 22.7 Å². The number of carbonyl (C=O) groups excluding carboxylic acids is 2. The van der Waals surface area contributed by atoms with E-state index in [-0.39, 0.29) is 17.9 Å². The Hall–Kier alpha value is -4.04. The number of pyridine rings is 1. The quantitative estimate of drug-likeness (QED) is 0.467. The fraction of sp³-hybridized carbons (Fsp3) is 0.310. The third-order valence-corrected chi connectivity index (χ3v) is 6.96. The number of nitrogens with zero attached hydrogens (tertiary/aromatic N) is 5. The Kier molecular flexibility index (Phi) is 7.56. The molecule has 5 rings (SSSR count). The van der Waals surface area contributed by atoms with E-state index in [2.05, 4.69) is 32.4 Å². The first-order chi connectivity index (χ1) is 18.1. The molecule has 1 aliphatic heterocycles. The van der Waals surface area contributed by atoms with E-state index in [9.17, 15) is 9.59 Å². The van der Waals surface area contributed by atoms with Crippen molar-refractivity contribution in [2.24, 2.45) is 7.05 Å². The summed E-state index contributed by atoms with van der Waals surface area (Å²) in [6, 6.07) is 21.9. The topological polar surface area (TPSA) is 83.4 Å². The van der Waals surface area contributed by atoms with E-state index in [0.717, 1.165) is 35.0 Å². The Morgan fingerprint density at radius 1 is 0.973 bits per heavy atom. The van der Waals surface area contributed by atoms with Gasteiger partial charge < -0.3 is 10.2 Å². The molecule has 1 atom stereocenters. The molecule has 1 N–H and O–H groups in total. The number of fused-ring (bicyclic) bond motifs is 1. The summed E-state index contributed by atoms with van der Waals surface area (Å²) in [6.45, 7) is 2.85. The highest BCUT2D eigenvalue weighted by Crippen LogP contribution is 2.27. The van der Waals surface area contributed by atoms with Gasteiger partial charge in [0.2, 0.25) is 5.91 Å². The van der Waals surface area contributed by atoms with Crippen molar-refractivity contribution in [2.45, 2.75) is 25.4 Å². The van der Waals surface area contributed by atoms with Crippen molar-refractivity contribution in [3.8, 4) is 0 Å². The van der Waals surface area contributed by atoms with Crippen LogP contribution in [-0.2, 0) is 18.4 Å². The first-order valence-electron chi connectivity index (χ1n) is 12.8. The van der Waals surface area contributed by atoms with Crippen LogP contribution in [0.5, 0.6) is 0 Å². The Morgan fingerprint density at radius 3 is 2.54 bits per heavy atom. The van der Waals surface area contributed by atoms with Crippen molar-refractivity contribution in [1.29, 1.82) is 0 Å². The van der Waals surface area contributed by atoms with Crippen molar-refractivity contribution in [3.63, 3.8) is 0 Å². The number of nitrogens with one attached hydrogen (secondary N) is 1. The van der Waals surface area contributed by atoms with Gasteiger partial charge in [0, 0.05) is 70.0 Å². The van der Waals surface area contributed by atoms with Gasteiger partial charge in [-0.05, 0) is 35.7 Å². The summed E-state index contributed by atoms with van der Waals surface area (Å²) in [5.41, 5.74) is 3.62. The Balaban J connectivity index is 1.41. The van der Waals surface area contributed by atoms with Gasteiger partial charge in [-0.1, -0.05) is 48.5 Å². The van der Waals surface area contributed by atoms with Gasteiger partial charge in [-0.2, -0.15) is 5.10 Å². The molecule has 8 nitrogen and oxygen atoms in total. The predicted molar refractivity (Wildman–Crippen MR) is 143 cm³/mol. The molecule has 0 spiro atoms. The Labute approximate surface area is 216 Å². The van der Waals surface area contributed by atoms with E-state index in [4.69, 9.17) is 0 Å². The van der Waals surface area contributed by atoms with E-state index in [0.29, 0.717) is 38.3 Å².